The van der Waals surface area contributed by atoms with E-state index >= 15 is 0 Å². The molecule has 1 amide bonds. The first-order chi connectivity index (χ1) is 11.8. The normalized spacial score (nSPS) is 12.6. The summed E-state index contributed by atoms with van der Waals surface area (Å²) in [6.45, 7) is 9.51. The Labute approximate surface area is 153 Å². The number of aryl methyl sites for hydroxylation is 3. The maximum Gasteiger partial charge on any atom is 0.280 e. The van der Waals surface area contributed by atoms with Crippen LogP contribution >= 0.6 is 11.6 Å². The highest BCUT2D eigenvalue weighted by Gasteiger charge is 2.15. The van der Waals surface area contributed by atoms with Crippen LogP contribution in [0.3, 0.4) is 0 Å². The number of rotatable bonds is 5. The summed E-state index contributed by atoms with van der Waals surface area (Å²) in [5.41, 5.74) is 7.52. The predicted octanol–water partition coefficient (Wildman–Crippen LogP) is 4.57. The first kappa shape index (κ1) is 19.0. The third-order valence-corrected chi connectivity index (χ3v) is 4.15. The summed E-state index contributed by atoms with van der Waals surface area (Å²) in [7, 11) is 0. The van der Waals surface area contributed by atoms with Crippen molar-refractivity contribution in [2.75, 3.05) is 0 Å². The number of ether oxygens (including phenoxy) is 1. The highest BCUT2D eigenvalue weighted by Crippen LogP contribution is 2.22. The fraction of sp³-hybridized carbons (Fsp3) is 0.300. The fourth-order valence-electron chi connectivity index (χ4n) is 2.50. The monoisotopic (exact) mass is 358 g/mol. The molecule has 0 aromatic heterocycles. The molecule has 2 rings (SSSR count). The van der Waals surface area contributed by atoms with Gasteiger partial charge in [-0.15, -0.1) is 0 Å². The van der Waals surface area contributed by atoms with Gasteiger partial charge in [0.15, 0.2) is 6.10 Å². The molecule has 5 heteroatoms. The predicted molar refractivity (Wildman–Crippen MR) is 103 cm³/mol. The van der Waals surface area contributed by atoms with Gasteiger partial charge in [0.05, 0.1) is 5.71 Å². The van der Waals surface area contributed by atoms with Gasteiger partial charge in [-0.25, -0.2) is 5.43 Å². The van der Waals surface area contributed by atoms with E-state index in [1.807, 2.05) is 39.8 Å². The molecular formula is C20H23ClN2O2. The van der Waals surface area contributed by atoms with Gasteiger partial charge in [0.2, 0.25) is 0 Å². The van der Waals surface area contributed by atoms with Gasteiger partial charge in [-0.3, -0.25) is 4.79 Å². The number of benzene rings is 2. The van der Waals surface area contributed by atoms with Gasteiger partial charge in [0, 0.05) is 10.6 Å². The smallest absolute Gasteiger partial charge is 0.280 e. The highest BCUT2D eigenvalue weighted by molar-refractivity contribution is 6.30. The van der Waals surface area contributed by atoms with E-state index < -0.39 is 6.10 Å². The summed E-state index contributed by atoms with van der Waals surface area (Å²) < 4.78 is 5.70. The molecule has 2 aromatic carbocycles. The Bertz CT molecular complexity index is 815. The van der Waals surface area contributed by atoms with Crippen LogP contribution in [0, 0.1) is 20.8 Å². The van der Waals surface area contributed by atoms with Gasteiger partial charge < -0.3 is 4.74 Å². The van der Waals surface area contributed by atoms with E-state index in [1.165, 1.54) is 5.56 Å². The number of hydrogen-bond donors (Lipinski definition) is 1. The van der Waals surface area contributed by atoms with Crippen LogP contribution in [0.1, 0.15) is 36.1 Å². The summed E-state index contributed by atoms with van der Waals surface area (Å²) in [5, 5.41) is 4.83. The molecule has 0 aliphatic rings. The molecule has 1 unspecified atom stereocenters. The second-order valence-electron chi connectivity index (χ2n) is 6.16. The summed E-state index contributed by atoms with van der Waals surface area (Å²) in [4.78, 5) is 12.2. The van der Waals surface area contributed by atoms with Crippen LogP contribution in [0.5, 0.6) is 5.75 Å². The number of nitrogens with zero attached hydrogens (tertiary/aromatic N) is 1. The Balaban J connectivity index is 2.03. The minimum atomic E-state index is -0.671. The first-order valence-corrected chi connectivity index (χ1v) is 8.50. The maximum absolute atomic E-state index is 12.2. The molecule has 0 heterocycles. The molecule has 0 spiro atoms. The third-order valence-electron chi connectivity index (χ3n) is 3.92. The quantitative estimate of drug-likeness (QED) is 0.628. The lowest BCUT2D eigenvalue weighted by Crippen LogP contribution is -2.34. The number of hydrogen-bond acceptors (Lipinski definition) is 3. The maximum atomic E-state index is 12.2. The molecule has 0 bridgehead atoms. The summed E-state index contributed by atoms with van der Waals surface area (Å²) in [5.74, 6) is 0.320. The van der Waals surface area contributed by atoms with Crippen molar-refractivity contribution in [3.63, 3.8) is 0 Å². The van der Waals surface area contributed by atoms with Crippen molar-refractivity contribution in [3.05, 3.63) is 63.7 Å². The number of carbonyl (C=O) groups excluding carboxylic acids is 1. The van der Waals surface area contributed by atoms with Crippen molar-refractivity contribution in [3.8, 4) is 5.75 Å². The Kier molecular flexibility index (Phi) is 6.21. The minimum absolute atomic E-state index is 0.307. The Morgan fingerprint density at radius 1 is 1.12 bits per heavy atom. The van der Waals surface area contributed by atoms with Gasteiger partial charge >= 0.3 is 0 Å². The van der Waals surface area contributed by atoms with Crippen LogP contribution in [0.25, 0.3) is 0 Å². The van der Waals surface area contributed by atoms with Crippen LogP contribution < -0.4 is 10.2 Å². The molecule has 132 valence electrons. The van der Waals surface area contributed by atoms with Crippen molar-refractivity contribution >= 4 is 23.2 Å². The zero-order valence-corrected chi connectivity index (χ0v) is 15.9. The van der Waals surface area contributed by atoms with E-state index in [0.29, 0.717) is 10.8 Å². The molecule has 1 atom stereocenters. The lowest BCUT2D eigenvalue weighted by molar-refractivity contribution is -0.127. The lowest BCUT2D eigenvalue weighted by atomic mass is 10.0. The number of hydrazone groups is 1. The average Bonchev–Trinajstić information content (AvgIpc) is 2.54. The number of carbonyl (C=O) groups is 1. The Hall–Kier alpha value is -2.33. The lowest BCUT2D eigenvalue weighted by Gasteiger charge is -2.15. The number of halogens is 1. The molecule has 0 aliphatic heterocycles. The number of amides is 1. The number of nitrogens with one attached hydrogen (secondary N) is 1. The van der Waals surface area contributed by atoms with Crippen LogP contribution in [-0.4, -0.2) is 17.7 Å². The van der Waals surface area contributed by atoms with E-state index in [2.05, 4.69) is 16.6 Å². The van der Waals surface area contributed by atoms with E-state index in [0.717, 1.165) is 22.4 Å². The van der Waals surface area contributed by atoms with E-state index in [9.17, 15) is 4.79 Å². The Morgan fingerprint density at radius 3 is 2.48 bits per heavy atom. The summed E-state index contributed by atoms with van der Waals surface area (Å²) in [6.07, 6.45) is -0.671. The molecule has 0 saturated heterocycles. The average molecular weight is 359 g/mol. The summed E-state index contributed by atoms with van der Waals surface area (Å²) >= 11 is 5.93. The van der Waals surface area contributed by atoms with Crippen LogP contribution in [-0.2, 0) is 4.79 Å². The van der Waals surface area contributed by atoms with Gasteiger partial charge in [-0.2, -0.15) is 5.10 Å². The zero-order chi connectivity index (χ0) is 18.6. The Morgan fingerprint density at radius 2 is 1.84 bits per heavy atom. The van der Waals surface area contributed by atoms with Gasteiger partial charge in [-0.1, -0.05) is 35.4 Å². The molecule has 4 nitrogen and oxygen atoms in total. The molecule has 0 fully saturated rings. The van der Waals surface area contributed by atoms with E-state index in [4.69, 9.17) is 16.3 Å². The van der Waals surface area contributed by atoms with Crippen molar-refractivity contribution in [1.29, 1.82) is 0 Å². The molecule has 0 aliphatic carbocycles. The second-order valence-corrected chi connectivity index (χ2v) is 6.60. The molecule has 0 radical (unpaired) electrons. The molecule has 25 heavy (non-hydrogen) atoms. The third kappa shape index (κ3) is 5.07. The van der Waals surface area contributed by atoms with Crippen molar-refractivity contribution < 1.29 is 9.53 Å². The van der Waals surface area contributed by atoms with Crippen molar-refractivity contribution in [1.82, 2.24) is 5.43 Å². The molecular weight excluding hydrogens is 336 g/mol. The highest BCUT2D eigenvalue weighted by atomic mass is 35.5. The van der Waals surface area contributed by atoms with E-state index in [1.54, 1.807) is 25.1 Å². The largest absolute Gasteiger partial charge is 0.481 e. The van der Waals surface area contributed by atoms with Gasteiger partial charge in [0.1, 0.15) is 5.75 Å². The van der Waals surface area contributed by atoms with Gasteiger partial charge in [0.25, 0.3) is 5.91 Å². The van der Waals surface area contributed by atoms with Crippen LogP contribution in [0.2, 0.25) is 5.02 Å². The first-order valence-electron chi connectivity index (χ1n) is 8.12. The SMILES string of the molecule is CC(=NNC(=O)C(C)Oc1ccc(Cl)cc1C)c1ccc(C)cc1C. The molecule has 0 saturated carbocycles. The fourth-order valence-corrected chi connectivity index (χ4v) is 2.73. The zero-order valence-electron chi connectivity index (χ0n) is 15.2. The second kappa shape index (κ2) is 8.17. The van der Waals surface area contributed by atoms with E-state index in [-0.39, 0.29) is 5.91 Å². The topological polar surface area (TPSA) is 50.7 Å². The van der Waals surface area contributed by atoms with Crippen molar-refractivity contribution in [2.24, 2.45) is 5.10 Å². The molecule has 1 N–H and O–H groups in total. The van der Waals surface area contributed by atoms with Crippen LogP contribution in [0.15, 0.2) is 41.5 Å². The van der Waals surface area contributed by atoms with Gasteiger partial charge in [-0.05, 0) is 63.9 Å². The molecule has 2 aromatic rings. The summed E-state index contributed by atoms with van der Waals surface area (Å²) in [6, 6.07) is 11.4. The minimum Gasteiger partial charge on any atom is -0.481 e. The van der Waals surface area contributed by atoms with Crippen LogP contribution in [0.4, 0.5) is 0 Å². The van der Waals surface area contributed by atoms with Crippen molar-refractivity contribution in [2.45, 2.75) is 40.7 Å². The standard InChI is InChI=1S/C20H23ClN2O2/c1-12-6-8-18(13(2)10-12)15(4)22-23-20(24)16(5)25-19-9-7-17(21)11-14(19)3/h6-11,16H,1-5H3,(H,23,24).